The lowest BCUT2D eigenvalue weighted by Gasteiger charge is -2.13. The van der Waals surface area contributed by atoms with Crippen LogP contribution < -0.4 is 11.1 Å². The second-order valence-corrected chi connectivity index (χ2v) is 7.33. The monoisotopic (exact) mass is 301 g/mol. The van der Waals surface area contributed by atoms with Crippen molar-refractivity contribution in [1.82, 2.24) is 10.3 Å². The molecule has 0 spiro atoms. The zero-order valence-corrected chi connectivity index (χ0v) is 12.8. The van der Waals surface area contributed by atoms with E-state index in [1.165, 1.54) is 26.3 Å². The summed E-state index contributed by atoms with van der Waals surface area (Å²) in [5.41, 5.74) is 11.2. The molecular formula is C15H15N3S2. The number of fused-ring (bicyclic) bond motifs is 2. The van der Waals surface area contributed by atoms with Gasteiger partial charge in [-0.25, -0.2) is 4.98 Å². The van der Waals surface area contributed by atoms with E-state index in [1.54, 1.807) is 22.7 Å². The molecule has 0 atom stereocenters. The van der Waals surface area contributed by atoms with Crippen molar-refractivity contribution in [3.8, 4) is 10.6 Å². The summed E-state index contributed by atoms with van der Waals surface area (Å²) in [5.74, 6) is 0. The minimum Gasteiger partial charge on any atom is -0.390 e. The third-order valence-corrected chi connectivity index (χ3v) is 5.81. The molecule has 0 fully saturated rings. The molecule has 102 valence electrons. The molecule has 5 heteroatoms. The van der Waals surface area contributed by atoms with E-state index in [0.717, 1.165) is 35.0 Å². The van der Waals surface area contributed by atoms with Crippen LogP contribution in [-0.2, 0) is 13.0 Å². The predicted molar refractivity (Wildman–Crippen MR) is 87.5 cm³/mol. The molecule has 3 nitrogen and oxygen atoms in total. The lowest BCUT2D eigenvalue weighted by molar-refractivity contribution is 0.655. The Balaban J connectivity index is 1.92. The Labute approximate surface area is 125 Å². The van der Waals surface area contributed by atoms with Crippen molar-refractivity contribution >= 4 is 37.9 Å². The molecule has 0 saturated heterocycles. The normalized spacial score (nSPS) is 14.7. The van der Waals surface area contributed by atoms with Crippen LogP contribution in [0.3, 0.4) is 0 Å². The summed E-state index contributed by atoms with van der Waals surface area (Å²) in [6, 6.07) is 6.41. The first kappa shape index (κ1) is 12.3. The fraction of sp³-hybridized carbons (Fsp3) is 0.267. The molecule has 1 aromatic carbocycles. The minimum atomic E-state index is 0.912. The summed E-state index contributed by atoms with van der Waals surface area (Å²) in [7, 11) is 0. The second-order valence-electron chi connectivity index (χ2n) is 5.16. The highest BCUT2D eigenvalue weighted by molar-refractivity contribution is 7.22. The van der Waals surface area contributed by atoms with E-state index in [0.29, 0.717) is 0 Å². The third-order valence-electron chi connectivity index (χ3n) is 3.71. The van der Waals surface area contributed by atoms with Gasteiger partial charge >= 0.3 is 0 Å². The Bertz CT molecular complexity index is 801. The van der Waals surface area contributed by atoms with Gasteiger partial charge in [0.15, 0.2) is 0 Å². The zero-order valence-electron chi connectivity index (χ0n) is 11.2. The number of nitrogens with one attached hydrogen (secondary N) is 1. The van der Waals surface area contributed by atoms with Crippen LogP contribution in [0.1, 0.15) is 16.0 Å². The SMILES string of the molecule is Cc1ccc2nc(-c3c(N)sc4c3CCNC4)sc2c1. The highest BCUT2D eigenvalue weighted by Gasteiger charge is 2.22. The number of hydrogen-bond acceptors (Lipinski definition) is 5. The van der Waals surface area contributed by atoms with Crippen molar-refractivity contribution in [2.45, 2.75) is 19.9 Å². The summed E-state index contributed by atoms with van der Waals surface area (Å²) >= 11 is 3.46. The predicted octanol–water partition coefficient (Wildman–Crippen LogP) is 3.56. The molecule has 0 unspecified atom stereocenters. The quantitative estimate of drug-likeness (QED) is 0.722. The molecule has 0 aliphatic carbocycles. The zero-order chi connectivity index (χ0) is 13.7. The summed E-state index contributed by atoms with van der Waals surface area (Å²) in [6.45, 7) is 4.08. The standard InChI is InChI=1S/C15H15N3S2/c1-8-2-3-10-11(6-8)20-15(18-10)13-9-4-5-17-7-12(9)19-14(13)16/h2-3,6,17H,4-5,7,16H2,1H3. The number of nitrogens with two attached hydrogens (primary N) is 1. The van der Waals surface area contributed by atoms with Gasteiger partial charge in [0.2, 0.25) is 0 Å². The molecule has 1 aliphatic heterocycles. The van der Waals surface area contributed by atoms with Crippen LogP contribution in [0.4, 0.5) is 5.00 Å². The maximum absolute atomic E-state index is 6.26. The first-order valence-electron chi connectivity index (χ1n) is 6.70. The van der Waals surface area contributed by atoms with Crippen LogP contribution in [0.15, 0.2) is 18.2 Å². The van der Waals surface area contributed by atoms with Crippen molar-refractivity contribution in [3.05, 3.63) is 34.2 Å². The number of nitrogen functional groups attached to an aromatic ring is 1. The molecular weight excluding hydrogens is 286 g/mol. The molecule has 0 amide bonds. The van der Waals surface area contributed by atoms with Crippen LogP contribution >= 0.6 is 22.7 Å². The Kier molecular flexibility index (Phi) is 2.80. The average Bonchev–Trinajstić information content (AvgIpc) is 2.97. The smallest absolute Gasteiger partial charge is 0.127 e. The van der Waals surface area contributed by atoms with Crippen molar-refractivity contribution in [3.63, 3.8) is 0 Å². The molecule has 4 rings (SSSR count). The highest BCUT2D eigenvalue weighted by atomic mass is 32.1. The summed E-state index contributed by atoms with van der Waals surface area (Å²) < 4.78 is 1.24. The minimum absolute atomic E-state index is 0.912. The second kappa shape index (κ2) is 4.55. The van der Waals surface area contributed by atoms with E-state index in [-0.39, 0.29) is 0 Å². The average molecular weight is 301 g/mol. The van der Waals surface area contributed by atoms with Gasteiger partial charge in [-0.3, -0.25) is 0 Å². The first-order valence-corrected chi connectivity index (χ1v) is 8.34. The van der Waals surface area contributed by atoms with Gasteiger partial charge in [0.05, 0.1) is 15.2 Å². The molecule has 3 aromatic rings. The fourth-order valence-electron chi connectivity index (χ4n) is 2.73. The molecule has 0 saturated carbocycles. The molecule has 0 bridgehead atoms. The van der Waals surface area contributed by atoms with Crippen LogP contribution in [-0.4, -0.2) is 11.5 Å². The molecule has 3 N–H and O–H groups in total. The van der Waals surface area contributed by atoms with Gasteiger partial charge in [0.25, 0.3) is 0 Å². The van der Waals surface area contributed by atoms with E-state index < -0.39 is 0 Å². The fourth-order valence-corrected chi connectivity index (χ4v) is 5.03. The van der Waals surface area contributed by atoms with Gasteiger partial charge < -0.3 is 11.1 Å². The molecule has 20 heavy (non-hydrogen) atoms. The number of aromatic nitrogens is 1. The van der Waals surface area contributed by atoms with Gasteiger partial charge in [-0.15, -0.1) is 22.7 Å². The maximum Gasteiger partial charge on any atom is 0.127 e. The Morgan fingerprint density at radius 2 is 2.20 bits per heavy atom. The number of benzene rings is 1. The summed E-state index contributed by atoms with van der Waals surface area (Å²) in [5, 5.41) is 5.39. The Morgan fingerprint density at radius 1 is 1.30 bits per heavy atom. The van der Waals surface area contributed by atoms with Gasteiger partial charge in [-0.2, -0.15) is 0 Å². The maximum atomic E-state index is 6.26. The number of hydrogen-bond donors (Lipinski definition) is 2. The summed E-state index contributed by atoms with van der Waals surface area (Å²) in [6.07, 6.45) is 1.05. The first-order chi connectivity index (χ1) is 9.72. The molecule has 3 heterocycles. The van der Waals surface area contributed by atoms with Crippen LogP contribution in [0.5, 0.6) is 0 Å². The lowest BCUT2D eigenvalue weighted by atomic mass is 10.0. The largest absolute Gasteiger partial charge is 0.390 e. The Morgan fingerprint density at radius 3 is 3.10 bits per heavy atom. The lowest BCUT2D eigenvalue weighted by Crippen LogP contribution is -2.22. The van der Waals surface area contributed by atoms with Crippen LogP contribution in [0, 0.1) is 6.92 Å². The van der Waals surface area contributed by atoms with Crippen LogP contribution in [0.2, 0.25) is 0 Å². The third kappa shape index (κ3) is 1.85. The van der Waals surface area contributed by atoms with E-state index in [4.69, 9.17) is 10.7 Å². The van der Waals surface area contributed by atoms with Gasteiger partial charge in [0, 0.05) is 17.0 Å². The number of thiazole rings is 1. The van der Waals surface area contributed by atoms with Gasteiger partial charge in [0.1, 0.15) is 5.01 Å². The summed E-state index contributed by atoms with van der Waals surface area (Å²) in [4.78, 5) is 6.16. The van der Waals surface area contributed by atoms with E-state index >= 15 is 0 Å². The van der Waals surface area contributed by atoms with Gasteiger partial charge in [-0.05, 0) is 43.1 Å². The number of anilines is 1. The highest BCUT2D eigenvalue weighted by Crippen LogP contribution is 2.43. The van der Waals surface area contributed by atoms with E-state index in [9.17, 15) is 0 Å². The number of rotatable bonds is 1. The van der Waals surface area contributed by atoms with Crippen LogP contribution in [0.25, 0.3) is 20.8 Å². The Hall–Kier alpha value is -1.43. The number of nitrogens with zero attached hydrogens (tertiary/aromatic N) is 1. The van der Waals surface area contributed by atoms with Crippen molar-refractivity contribution in [2.24, 2.45) is 0 Å². The molecule has 0 radical (unpaired) electrons. The molecule has 2 aromatic heterocycles. The van der Waals surface area contributed by atoms with E-state index in [1.807, 2.05) is 0 Å². The number of thiophene rings is 1. The van der Waals surface area contributed by atoms with Gasteiger partial charge in [-0.1, -0.05) is 6.07 Å². The topological polar surface area (TPSA) is 50.9 Å². The van der Waals surface area contributed by atoms with Crippen molar-refractivity contribution < 1.29 is 0 Å². The van der Waals surface area contributed by atoms with Crippen molar-refractivity contribution in [2.75, 3.05) is 12.3 Å². The number of aryl methyl sites for hydroxylation is 1. The molecule has 1 aliphatic rings. The van der Waals surface area contributed by atoms with E-state index in [2.05, 4.69) is 30.4 Å². The van der Waals surface area contributed by atoms with Crippen molar-refractivity contribution in [1.29, 1.82) is 0 Å².